The standard InChI is InChI=1S/C23H26N4O3S2/c1-15-7-10-25(11-8-15)20-17(21(28)26-9-3-2-6-19(26)24-20)13-18-22(29)27(23(31)32-18)14-16-5-4-12-30-16/h2-3,6,9,13,15-16H,4-5,7-8,10-12,14H2,1H3/b18-13+/t16-/m0/s1. The highest BCUT2D eigenvalue weighted by Crippen LogP contribution is 2.35. The van der Waals surface area contributed by atoms with Crippen LogP contribution in [0, 0.1) is 5.92 Å². The van der Waals surface area contributed by atoms with Gasteiger partial charge in [0.05, 0.1) is 23.1 Å². The monoisotopic (exact) mass is 470 g/mol. The molecule has 1 amide bonds. The Morgan fingerprint density at radius 2 is 2.06 bits per heavy atom. The molecule has 3 fully saturated rings. The summed E-state index contributed by atoms with van der Waals surface area (Å²) in [4.78, 5) is 35.7. The van der Waals surface area contributed by atoms with E-state index in [1.165, 1.54) is 16.2 Å². The Bertz CT molecular complexity index is 1150. The second kappa shape index (κ2) is 8.96. The van der Waals surface area contributed by atoms with Gasteiger partial charge in [-0.1, -0.05) is 37.0 Å². The first-order valence-corrected chi connectivity index (χ1v) is 12.4. The van der Waals surface area contributed by atoms with Crippen LogP contribution in [0.3, 0.4) is 0 Å². The normalized spacial score (nSPS) is 23.8. The molecular weight excluding hydrogens is 444 g/mol. The van der Waals surface area contributed by atoms with Crippen molar-refractivity contribution in [3.05, 3.63) is 45.2 Å². The summed E-state index contributed by atoms with van der Waals surface area (Å²) in [6, 6.07) is 5.52. The summed E-state index contributed by atoms with van der Waals surface area (Å²) < 4.78 is 7.74. The molecule has 5 rings (SSSR count). The summed E-state index contributed by atoms with van der Waals surface area (Å²) in [5, 5.41) is 0. The van der Waals surface area contributed by atoms with Crippen LogP contribution in [0.4, 0.5) is 5.82 Å². The Kier molecular flexibility index (Phi) is 6.05. The van der Waals surface area contributed by atoms with E-state index in [1.807, 2.05) is 18.2 Å². The van der Waals surface area contributed by atoms with Crippen LogP contribution in [-0.4, -0.2) is 56.9 Å². The SMILES string of the molecule is CC1CCN(c2nc3ccccn3c(=O)c2/C=C2/SC(=S)N(C[C@@H]3CCCO3)C2=O)CC1. The second-order valence-electron chi connectivity index (χ2n) is 8.68. The molecule has 0 N–H and O–H groups in total. The van der Waals surface area contributed by atoms with Gasteiger partial charge in [-0.3, -0.25) is 18.9 Å². The lowest BCUT2D eigenvalue weighted by Crippen LogP contribution is -2.36. The first-order valence-electron chi connectivity index (χ1n) is 11.1. The zero-order valence-electron chi connectivity index (χ0n) is 18.0. The minimum absolute atomic E-state index is 0.0238. The van der Waals surface area contributed by atoms with Crippen LogP contribution in [0.2, 0.25) is 0 Å². The van der Waals surface area contributed by atoms with Crippen LogP contribution in [0.1, 0.15) is 38.2 Å². The molecule has 3 aliphatic heterocycles. The molecule has 1 atom stereocenters. The molecule has 0 spiro atoms. The van der Waals surface area contributed by atoms with E-state index in [4.69, 9.17) is 21.9 Å². The van der Waals surface area contributed by atoms with Crippen molar-refractivity contribution in [3.63, 3.8) is 0 Å². The number of thiocarbonyl (C=S) groups is 1. The van der Waals surface area contributed by atoms with Crippen LogP contribution in [-0.2, 0) is 9.53 Å². The van der Waals surface area contributed by atoms with Gasteiger partial charge >= 0.3 is 0 Å². The maximum Gasteiger partial charge on any atom is 0.267 e. The van der Waals surface area contributed by atoms with Gasteiger partial charge in [0, 0.05) is 25.9 Å². The third kappa shape index (κ3) is 4.09. The van der Waals surface area contributed by atoms with Gasteiger partial charge < -0.3 is 9.64 Å². The molecule has 0 saturated carbocycles. The van der Waals surface area contributed by atoms with Crippen LogP contribution in [0.25, 0.3) is 11.7 Å². The smallest absolute Gasteiger partial charge is 0.267 e. The molecule has 168 valence electrons. The highest BCUT2D eigenvalue weighted by atomic mass is 32.2. The predicted octanol–water partition coefficient (Wildman–Crippen LogP) is 3.31. The number of nitrogens with zero attached hydrogens (tertiary/aromatic N) is 4. The van der Waals surface area contributed by atoms with Crippen LogP contribution < -0.4 is 10.5 Å². The Hall–Kier alpha value is -2.23. The van der Waals surface area contributed by atoms with E-state index in [1.54, 1.807) is 17.2 Å². The fourth-order valence-corrected chi connectivity index (χ4v) is 5.72. The number of hydrogen-bond donors (Lipinski definition) is 0. The van der Waals surface area contributed by atoms with Crippen molar-refractivity contribution in [3.8, 4) is 0 Å². The number of piperidine rings is 1. The summed E-state index contributed by atoms with van der Waals surface area (Å²) >= 11 is 6.74. The van der Waals surface area contributed by atoms with E-state index >= 15 is 0 Å². The quantitative estimate of drug-likeness (QED) is 0.502. The first-order chi connectivity index (χ1) is 15.5. The van der Waals surface area contributed by atoms with E-state index in [9.17, 15) is 9.59 Å². The summed E-state index contributed by atoms with van der Waals surface area (Å²) in [5.41, 5.74) is 0.878. The molecule has 0 bridgehead atoms. The van der Waals surface area contributed by atoms with Gasteiger partial charge in [-0.2, -0.15) is 0 Å². The molecule has 0 aliphatic carbocycles. The fourth-order valence-electron chi connectivity index (χ4n) is 4.46. The lowest BCUT2D eigenvalue weighted by Gasteiger charge is -2.32. The number of ether oxygens (including phenoxy) is 1. The minimum Gasteiger partial charge on any atom is -0.376 e. The Labute approximate surface area is 196 Å². The molecule has 3 aliphatic rings. The molecule has 2 aromatic rings. The van der Waals surface area contributed by atoms with Crippen molar-refractivity contribution in [2.75, 3.05) is 31.1 Å². The highest BCUT2D eigenvalue weighted by Gasteiger charge is 2.35. The lowest BCUT2D eigenvalue weighted by molar-refractivity contribution is -0.123. The Morgan fingerprint density at radius 3 is 2.81 bits per heavy atom. The number of anilines is 1. The van der Waals surface area contributed by atoms with Crippen LogP contribution >= 0.6 is 24.0 Å². The molecule has 0 aromatic carbocycles. The number of amides is 1. The molecule has 9 heteroatoms. The number of carbonyl (C=O) groups excluding carboxylic acids is 1. The average molecular weight is 471 g/mol. The predicted molar refractivity (Wildman–Crippen MR) is 131 cm³/mol. The Morgan fingerprint density at radius 1 is 1.25 bits per heavy atom. The maximum absolute atomic E-state index is 13.5. The number of aromatic nitrogens is 2. The van der Waals surface area contributed by atoms with Gasteiger partial charge in [0.15, 0.2) is 0 Å². The molecule has 0 unspecified atom stereocenters. The van der Waals surface area contributed by atoms with E-state index in [-0.39, 0.29) is 17.6 Å². The third-order valence-electron chi connectivity index (χ3n) is 6.39. The van der Waals surface area contributed by atoms with Crippen molar-refractivity contribution in [1.82, 2.24) is 14.3 Å². The number of pyridine rings is 1. The van der Waals surface area contributed by atoms with E-state index < -0.39 is 0 Å². The Balaban J connectivity index is 1.54. The van der Waals surface area contributed by atoms with Crippen molar-refractivity contribution in [2.45, 2.75) is 38.7 Å². The first kappa shape index (κ1) is 21.6. The summed E-state index contributed by atoms with van der Waals surface area (Å²) in [6.07, 6.45) is 7.48. The summed E-state index contributed by atoms with van der Waals surface area (Å²) in [7, 11) is 0. The lowest BCUT2D eigenvalue weighted by atomic mass is 9.99. The van der Waals surface area contributed by atoms with Gasteiger partial charge in [0.2, 0.25) is 0 Å². The van der Waals surface area contributed by atoms with Crippen molar-refractivity contribution >= 4 is 51.7 Å². The number of carbonyl (C=O) groups is 1. The number of rotatable bonds is 4. The van der Waals surface area contributed by atoms with Gasteiger partial charge in [-0.25, -0.2) is 4.98 Å². The van der Waals surface area contributed by atoms with E-state index in [0.717, 1.165) is 45.4 Å². The van der Waals surface area contributed by atoms with Crippen molar-refractivity contribution in [2.24, 2.45) is 5.92 Å². The zero-order chi connectivity index (χ0) is 22.2. The molecule has 3 saturated heterocycles. The molecule has 32 heavy (non-hydrogen) atoms. The topological polar surface area (TPSA) is 67.2 Å². The molecule has 5 heterocycles. The average Bonchev–Trinajstić information content (AvgIpc) is 3.40. The highest BCUT2D eigenvalue weighted by molar-refractivity contribution is 8.26. The number of thioether (sulfide) groups is 1. The summed E-state index contributed by atoms with van der Waals surface area (Å²) in [6.45, 7) is 5.13. The number of hydrogen-bond acceptors (Lipinski definition) is 7. The fraction of sp³-hybridized carbons (Fsp3) is 0.478. The largest absolute Gasteiger partial charge is 0.376 e. The van der Waals surface area contributed by atoms with Crippen molar-refractivity contribution < 1.29 is 9.53 Å². The molecule has 0 radical (unpaired) electrons. The van der Waals surface area contributed by atoms with E-state index in [0.29, 0.717) is 38.7 Å². The number of fused-ring (bicyclic) bond motifs is 1. The van der Waals surface area contributed by atoms with Crippen molar-refractivity contribution in [1.29, 1.82) is 0 Å². The minimum atomic E-state index is -0.173. The third-order valence-corrected chi connectivity index (χ3v) is 7.77. The summed E-state index contributed by atoms with van der Waals surface area (Å²) in [5.74, 6) is 1.15. The molecule has 2 aromatic heterocycles. The van der Waals surface area contributed by atoms with Gasteiger partial charge in [-0.05, 0) is 49.8 Å². The van der Waals surface area contributed by atoms with Gasteiger partial charge in [0.1, 0.15) is 15.8 Å². The van der Waals surface area contributed by atoms with Gasteiger partial charge in [0.25, 0.3) is 11.5 Å². The van der Waals surface area contributed by atoms with Crippen LogP contribution in [0.5, 0.6) is 0 Å². The molecule has 7 nitrogen and oxygen atoms in total. The van der Waals surface area contributed by atoms with Crippen LogP contribution in [0.15, 0.2) is 34.1 Å². The molecular formula is C23H26N4O3S2. The van der Waals surface area contributed by atoms with Gasteiger partial charge in [-0.15, -0.1) is 0 Å². The zero-order valence-corrected chi connectivity index (χ0v) is 19.7. The maximum atomic E-state index is 13.5. The second-order valence-corrected chi connectivity index (χ2v) is 10.4. The van der Waals surface area contributed by atoms with E-state index in [2.05, 4.69) is 11.8 Å².